The number of hydrogen-bond acceptors (Lipinski definition) is 4. The zero-order chi connectivity index (χ0) is 19.3. The summed E-state index contributed by atoms with van der Waals surface area (Å²) in [5, 5.41) is 0. The van der Waals surface area contributed by atoms with E-state index in [2.05, 4.69) is 4.99 Å². The second kappa shape index (κ2) is 7.87. The lowest BCUT2D eigenvalue weighted by molar-refractivity contribution is 0.217. The minimum atomic E-state index is -3.55. The average molecular weight is 376 g/mol. The minimum Gasteiger partial charge on any atom is -0.456 e. The molecule has 0 saturated carbocycles. The molecule has 26 heavy (non-hydrogen) atoms. The number of hydrogen-bond donors (Lipinski definition) is 2. The number of guanidine groups is 1. The van der Waals surface area contributed by atoms with Gasteiger partial charge in [-0.15, -0.1) is 0 Å². The summed E-state index contributed by atoms with van der Waals surface area (Å²) in [5.41, 5.74) is 11.0. The van der Waals surface area contributed by atoms with Crippen LogP contribution in [0.3, 0.4) is 0 Å². The third-order valence-corrected chi connectivity index (χ3v) is 4.47. The van der Waals surface area contributed by atoms with Gasteiger partial charge in [0.1, 0.15) is 16.4 Å². The van der Waals surface area contributed by atoms with Gasteiger partial charge in [0.05, 0.1) is 0 Å². The van der Waals surface area contributed by atoms with E-state index in [1.165, 1.54) is 18.0 Å². The smallest absolute Gasteiger partial charge is 0.346 e. The van der Waals surface area contributed by atoms with E-state index < -0.39 is 15.9 Å². The van der Waals surface area contributed by atoms with Crippen molar-refractivity contribution in [2.45, 2.75) is 11.4 Å². The van der Waals surface area contributed by atoms with Gasteiger partial charge in [0.25, 0.3) is 0 Å². The van der Waals surface area contributed by atoms with Crippen LogP contribution in [0, 0.1) is 0 Å². The lowest BCUT2D eigenvalue weighted by atomic mass is 10.2. The van der Waals surface area contributed by atoms with Gasteiger partial charge < -0.3 is 21.1 Å². The quantitative estimate of drug-likeness (QED) is 0.604. The van der Waals surface area contributed by atoms with Gasteiger partial charge >= 0.3 is 6.03 Å². The summed E-state index contributed by atoms with van der Waals surface area (Å²) in [6.07, 6.45) is 1.10. The first-order valence-electron chi connectivity index (χ1n) is 7.57. The molecule has 2 rings (SSSR count). The van der Waals surface area contributed by atoms with E-state index in [1.807, 2.05) is 6.07 Å². The Morgan fingerprint density at radius 1 is 1.15 bits per heavy atom. The second-order valence-electron chi connectivity index (χ2n) is 5.64. The fourth-order valence-corrected chi connectivity index (χ4v) is 3.02. The number of urea groups is 1. The lowest BCUT2D eigenvalue weighted by Gasteiger charge is -2.16. The number of sulfone groups is 1. The first-order valence-corrected chi connectivity index (χ1v) is 9.46. The van der Waals surface area contributed by atoms with Crippen molar-refractivity contribution in [3.8, 4) is 11.5 Å². The van der Waals surface area contributed by atoms with E-state index in [9.17, 15) is 13.2 Å². The van der Waals surface area contributed by atoms with Gasteiger partial charge in [-0.1, -0.05) is 24.3 Å². The Morgan fingerprint density at radius 2 is 1.81 bits per heavy atom. The van der Waals surface area contributed by atoms with E-state index in [0.717, 1.165) is 6.26 Å². The number of aliphatic imine (C=N–C) groups is 1. The summed E-state index contributed by atoms with van der Waals surface area (Å²) >= 11 is 0. The molecule has 0 aromatic heterocycles. The number of carbonyl (C=O) groups is 1. The van der Waals surface area contributed by atoms with Gasteiger partial charge in [-0.3, -0.25) is 0 Å². The Morgan fingerprint density at radius 3 is 2.38 bits per heavy atom. The SMILES string of the molecule is CN(Cc1ccc(Oc2ccccc2)c(S(C)(=O)=O)c1)C(=O)N=C(N)N. The maximum absolute atomic E-state index is 12.1. The van der Waals surface area contributed by atoms with Gasteiger partial charge in [-0.25, -0.2) is 13.2 Å². The highest BCUT2D eigenvalue weighted by Crippen LogP contribution is 2.30. The summed E-state index contributed by atoms with van der Waals surface area (Å²) in [7, 11) is -2.04. The summed E-state index contributed by atoms with van der Waals surface area (Å²) in [5.74, 6) is 0.385. The van der Waals surface area contributed by atoms with Crippen LogP contribution in [0.2, 0.25) is 0 Å². The molecule has 0 aliphatic carbocycles. The van der Waals surface area contributed by atoms with Crippen molar-refractivity contribution in [1.82, 2.24) is 4.90 Å². The number of carbonyl (C=O) groups excluding carboxylic acids is 1. The third kappa shape index (κ3) is 5.21. The Balaban J connectivity index is 2.31. The first-order chi connectivity index (χ1) is 12.2. The van der Waals surface area contributed by atoms with Crippen molar-refractivity contribution >= 4 is 21.8 Å². The van der Waals surface area contributed by atoms with E-state index in [0.29, 0.717) is 11.3 Å². The van der Waals surface area contributed by atoms with Crippen LogP contribution in [-0.2, 0) is 16.4 Å². The highest BCUT2D eigenvalue weighted by Gasteiger charge is 2.17. The molecule has 0 heterocycles. The molecular formula is C17H20N4O4S. The number of nitrogens with two attached hydrogens (primary N) is 2. The fourth-order valence-electron chi connectivity index (χ4n) is 2.18. The van der Waals surface area contributed by atoms with E-state index in [1.54, 1.807) is 36.4 Å². The van der Waals surface area contributed by atoms with Crippen molar-refractivity contribution in [2.75, 3.05) is 13.3 Å². The Bertz CT molecular complexity index is 923. The summed E-state index contributed by atoms with van der Waals surface area (Å²) in [6.45, 7) is 0.129. The molecule has 8 nitrogen and oxygen atoms in total. The third-order valence-electron chi connectivity index (χ3n) is 3.35. The number of benzene rings is 2. The van der Waals surface area contributed by atoms with Crippen molar-refractivity contribution in [3.63, 3.8) is 0 Å². The molecule has 138 valence electrons. The maximum atomic E-state index is 12.1. The molecule has 9 heteroatoms. The van der Waals surface area contributed by atoms with Crippen molar-refractivity contribution in [1.29, 1.82) is 0 Å². The van der Waals surface area contributed by atoms with Crippen LogP contribution >= 0.6 is 0 Å². The maximum Gasteiger partial charge on any atom is 0.346 e. The molecule has 0 aliphatic heterocycles. The van der Waals surface area contributed by atoms with Crippen LogP contribution < -0.4 is 16.2 Å². The van der Waals surface area contributed by atoms with Crippen LogP contribution in [0.15, 0.2) is 58.4 Å². The van der Waals surface area contributed by atoms with Crippen LogP contribution in [0.4, 0.5) is 4.79 Å². The van der Waals surface area contributed by atoms with E-state index >= 15 is 0 Å². The number of nitrogens with zero attached hydrogens (tertiary/aromatic N) is 2. The topological polar surface area (TPSA) is 128 Å². The molecule has 0 radical (unpaired) electrons. The summed E-state index contributed by atoms with van der Waals surface area (Å²) in [6, 6.07) is 12.9. The van der Waals surface area contributed by atoms with Crippen molar-refractivity contribution in [2.24, 2.45) is 16.5 Å². The Labute approximate surface area is 152 Å². The zero-order valence-corrected chi connectivity index (χ0v) is 15.2. The normalized spacial score (nSPS) is 10.8. The molecule has 0 atom stereocenters. The highest BCUT2D eigenvalue weighted by atomic mass is 32.2. The largest absolute Gasteiger partial charge is 0.456 e. The lowest BCUT2D eigenvalue weighted by Crippen LogP contribution is -2.29. The minimum absolute atomic E-state index is 0.0292. The van der Waals surface area contributed by atoms with Crippen LogP contribution in [0.5, 0.6) is 11.5 Å². The van der Waals surface area contributed by atoms with Crippen LogP contribution in [-0.4, -0.2) is 38.6 Å². The van der Waals surface area contributed by atoms with Gasteiger partial charge in [-0.05, 0) is 29.8 Å². The summed E-state index contributed by atoms with van der Waals surface area (Å²) < 4.78 is 30.0. The molecule has 0 fully saturated rings. The fraction of sp³-hybridized carbons (Fsp3) is 0.176. The molecular weight excluding hydrogens is 356 g/mol. The highest BCUT2D eigenvalue weighted by molar-refractivity contribution is 7.90. The summed E-state index contributed by atoms with van der Waals surface area (Å²) in [4.78, 5) is 16.5. The van der Waals surface area contributed by atoms with Gasteiger partial charge in [0.15, 0.2) is 15.8 Å². The zero-order valence-electron chi connectivity index (χ0n) is 14.4. The average Bonchev–Trinajstić information content (AvgIpc) is 2.55. The molecule has 0 spiro atoms. The molecule has 2 amide bonds. The van der Waals surface area contributed by atoms with E-state index in [4.69, 9.17) is 16.2 Å². The Hall–Kier alpha value is -3.07. The number of para-hydroxylation sites is 1. The van der Waals surface area contributed by atoms with Crippen LogP contribution in [0.1, 0.15) is 5.56 Å². The van der Waals surface area contributed by atoms with E-state index in [-0.39, 0.29) is 23.1 Å². The molecule has 0 bridgehead atoms. The molecule has 0 saturated heterocycles. The van der Waals surface area contributed by atoms with Gasteiger partial charge in [0, 0.05) is 19.8 Å². The standard InChI is InChI=1S/C17H20N4O4S/c1-21(17(22)20-16(18)19)11-12-8-9-14(15(10-12)26(2,23)24)25-13-6-4-3-5-7-13/h3-10H,11H2,1-2H3,(H4,18,19,20,22). The molecule has 4 N–H and O–H groups in total. The molecule has 2 aromatic rings. The molecule has 0 aliphatic rings. The van der Waals surface area contributed by atoms with Crippen molar-refractivity contribution in [3.05, 3.63) is 54.1 Å². The number of ether oxygens (including phenoxy) is 1. The van der Waals surface area contributed by atoms with Gasteiger partial charge in [0.2, 0.25) is 0 Å². The van der Waals surface area contributed by atoms with Gasteiger partial charge in [-0.2, -0.15) is 4.99 Å². The number of rotatable bonds is 5. The predicted octanol–water partition coefficient (Wildman–Crippen LogP) is 1.71. The first kappa shape index (κ1) is 19.3. The van der Waals surface area contributed by atoms with Crippen molar-refractivity contribution < 1.29 is 17.9 Å². The number of amides is 2. The van der Waals surface area contributed by atoms with Crippen LogP contribution in [0.25, 0.3) is 0 Å². The molecule has 2 aromatic carbocycles. The molecule has 0 unspecified atom stereocenters. The monoisotopic (exact) mass is 376 g/mol. The Kier molecular flexibility index (Phi) is 5.83. The predicted molar refractivity (Wildman–Crippen MR) is 98.7 cm³/mol. The second-order valence-corrected chi connectivity index (χ2v) is 7.63.